The molecule has 150 valence electrons. The molecule has 4 N–H and O–H groups in total. The topological polar surface area (TPSA) is 116 Å². The van der Waals surface area contributed by atoms with Crippen molar-refractivity contribution in [3.05, 3.63) is 70.5 Å². The Balaban J connectivity index is 2.87. The summed E-state index contributed by atoms with van der Waals surface area (Å²) in [7, 11) is 0. The van der Waals surface area contributed by atoms with E-state index in [9.17, 15) is 19.5 Å². The lowest BCUT2D eigenvalue weighted by molar-refractivity contribution is -0.139. The van der Waals surface area contributed by atoms with Crippen molar-refractivity contribution in [2.75, 3.05) is 6.54 Å². The number of carboxylic acid groups (broad SMARTS) is 1. The van der Waals surface area contributed by atoms with Crippen molar-refractivity contribution in [3.8, 4) is 0 Å². The highest BCUT2D eigenvalue weighted by Crippen LogP contribution is 2.18. The Morgan fingerprint density at radius 3 is 2.43 bits per heavy atom. The van der Waals surface area contributed by atoms with Crippen molar-refractivity contribution in [1.29, 1.82) is 0 Å². The minimum absolute atomic E-state index is 0.0245. The van der Waals surface area contributed by atoms with Gasteiger partial charge in [0.2, 0.25) is 0 Å². The van der Waals surface area contributed by atoms with Crippen LogP contribution < -0.4 is 10.6 Å². The molecule has 0 saturated carbocycles. The van der Waals surface area contributed by atoms with Crippen LogP contribution in [0.4, 0.5) is 0 Å². The monoisotopic (exact) mass is 406 g/mol. The summed E-state index contributed by atoms with van der Waals surface area (Å²) in [5.41, 5.74) is 0.901. The van der Waals surface area contributed by atoms with Gasteiger partial charge in [-0.3, -0.25) is 9.59 Å². The van der Waals surface area contributed by atoms with Gasteiger partial charge >= 0.3 is 5.97 Å². The summed E-state index contributed by atoms with van der Waals surface area (Å²) in [4.78, 5) is 35.5. The third-order valence-corrected chi connectivity index (χ3v) is 4.14. The van der Waals surface area contributed by atoms with Gasteiger partial charge in [-0.15, -0.1) is 0 Å². The van der Waals surface area contributed by atoms with Gasteiger partial charge in [-0.1, -0.05) is 31.2 Å². The fourth-order valence-electron chi connectivity index (χ4n) is 2.15. The predicted octanol–water partition coefficient (Wildman–Crippen LogP) is 3.24. The maximum atomic E-state index is 12.3. The van der Waals surface area contributed by atoms with Gasteiger partial charge in [0.15, 0.2) is 0 Å². The van der Waals surface area contributed by atoms with E-state index in [0.717, 1.165) is 0 Å². The largest absolute Gasteiger partial charge is 0.508 e. The number of hydrogen-bond donors (Lipinski definition) is 4. The van der Waals surface area contributed by atoms with E-state index >= 15 is 0 Å². The summed E-state index contributed by atoms with van der Waals surface area (Å²) in [5.74, 6) is -2.16. The molecule has 8 heteroatoms. The molecule has 0 unspecified atom stereocenters. The van der Waals surface area contributed by atoms with Crippen LogP contribution in [-0.4, -0.2) is 40.6 Å². The van der Waals surface area contributed by atoms with E-state index in [0.29, 0.717) is 5.57 Å². The molecule has 0 saturated heterocycles. The van der Waals surface area contributed by atoms with Crippen LogP contribution in [0.1, 0.15) is 41.0 Å². The van der Waals surface area contributed by atoms with Crippen LogP contribution in [0.5, 0.6) is 0 Å². The van der Waals surface area contributed by atoms with Gasteiger partial charge in [0.25, 0.3) is 11.8 Å². The number of nitrogens with one attached hydrogen (secondary N) is 2. The molecule has 7 nitrogen and oxygen atoms in total. The normalized spacial score (nSPS) is 12.8. The van der Waals surface area contributed by atoms with Crippen molar-refractivity contribution in [1.82, 2.24) is 10.6 Å². The quantitative estimate of drug-likeness (QED) is 0.371. The van der Waals surface area contributed by atoms with Gasteiger partial charge in [-0.05, 0) is 49.3 Å². The fraction of sp³-hybridized carbons (Fsp3) is 0.250. The van der Waals surface area contributed by atoms with Crippen molar-refractivity contribution in [3.63, 3.8) is 0 Å². The van der Waals surface area contributed by atoms with Crippen molar-refractivity contribution >= 4 is 29.4 Å². The Morgan fingerprint density at radius 1 is 1.25 bits per heavy atom. The lowest BCUT2D eigenvalue weighted by Gasteiger charge is -2.13. The highest BCUT2D eigenvalue weighted by atomic mass is 35.5. The highest BCUT2D eigenvalue weighted by molar-refractivity contribution is 6.34. The van der Waals surface area contributed by atoms with Crippen LogP contribution in [0.3, 0.4) is 0 Å². The SMILES string of the molecule is C=C/C(=C\C(O)=C/C)CNC(=O)c1ccc(C(=O)N[C@@H](CC)C(=O)O)c(Cl)c1. The summed E-state index contributed by atoms with van der Waals surface area (Å²) >= 11 is 6.10. The van der Waals surface area contributed by atoms with E-state index in [1.807, 2.05) is 0 Å². The molecule has 0 radical (unpaired) electrons. The zero-order valence-corrected chi connectivity index (χ0v) is 16.4. The Labute approximate surface area is 168 Å². The lowest BCUT2D eigenvalue weighted by atomic mass is 10.1. The number of benzene rings is 1. The third-order valence-electron chi connectivity index (χ3n) is 3.83. The maximum Gasteiger partial charge on any atom is 0.326 e. The molecular weight excluding hydrogens is 384 g/mol. The van der Waals surface area contributed by atoms with Gasteiger partial charge in [-0.25, -0.2) is 4.79 Å². The van der Waals surface area contributed by atoms with E-state index in [1.54, 1.807) is 13.8 Å². The molecule has 28 heavy (non-hydrogen) atoms. The van der Waals surface area contributed by atoms with Gasteiger partial charge in [0.1, 0.15) is 11.8 Å². The van der Waals surface area contributed by atoms with Crippen molar-refractivity contribution in [2.24, 2.45) is 0 Å². The molecule has 0 bridgehead atoms. The zero-order valence-electron chi connectivity index (χ0n) is 15.7. The van der Waals surface area contributed by atoms with E-state index in [-0.39, 0.29) is 34.9 Å². The average Bonchev–Trinajstić information content (AvgIpc) is 2.67. The number of aliphatic hydroxyl groups is 1. The zero-order chi connectivity index (χ0) is 21.3. The first-order chi connectivity index (χ1) is 13.2. The molecule has 0 aromatic heterocycles. The summed E-state index contributed by atoms with van der Waals surface area (Å²) < 4.78 is 0. The molecule has 1 atom stereocenters. The number of carbonyl (C=O) groups excluding carboxylic acids is 2. The number of aliphatic carboxylic acids is 1. The number of hydrogen-bond acceptors (Lipinski definition) is 4. The van der Waals surface area contributed by atoms with E-state index < -0.39 is 23.8 Å². The molecule has 1 rings (SSSR count). The maximum absolute atomic E-state index is 12.3. The van der Waals surface area contributed by atoms with E-state index in [4.69, 9.17) is 16.7 Å². The number of halogens is 1. The minimum atomic E-state index is -1.14. The lowest BCUT2D eigenvalue weighted by Crippen LogP contribution is -2.40. The van der Waals surface area contributed by atoms with Gasteiger partial charge < -0.3 is 20.8 Å². The Hall–Kier alpha value is -3.06. The van der Waals surface area contributed by atoms with E-state index in [1.165, 1.54) is 36.4 Å². The van der Waals surface area contributed by atoms with Crippen LogP contribution in [0.15, 0.2) is 54.3 Å². The van der Waals surface area contributed by atoms with Crippen LogP contribution >= 0.6 is 11.6 Å². The summed E-state index contributed by atoms with van der Waals surface area (Å²) in [6.07, 6.45) is 4.71. The first kappa shape index (κ1) is 23.0. The molecule has 0 fully saturated rings. The first-order valence-electron chi connectivity index (χ1n) is 8.53. The second-order valence-electron chi connectivity index (χ2n) is 5.79. The second kappa shape index (κ2) is 10.9. The molecule has 1 aromatic carbocycles. The number of allylic oxidation sites excluding steroid dienone is 2. The first-order valence-corrected chi connectivity index (χ1v) is 8.90. The third kappa shape index (κ3) is 6.59. The Bertz CT molecular complexity index is 830. The van der Waals surface area contributed by atoms with Crippen LogP contribution in [0.25, 0.3) is 0 Å². The van der Waals surface area contributed by atoms with Gasteiger partial charge in [0, 0.05) is 12.1 Å². The number of carbonyl (C=O) groups is 3. The molecule has 0 spiro atoms. The van der Waals surface area contributed by atoms with Crippen molar-refractivity contribution in [2.45, 2.75) is 26.3 Å². The number of rotatable bonds is 9. The number of amides is 2. The predicted molar refractivity (Wildman–Crippen MR) is 108 cm³/mol. The average molecular weight is 407 g/mol. The minimum Gasteiger partial charge on any atom is -0.508 e. The molecule has 1 aromatic rings. The fourth-order valence-corrected chi connectivity index (χ4v) is 2.42. The summed E-state index contributed by atoms with van der Waals surface area (Å²) in [6, 6.07) is 3.08. The molecule has 2 amide bonds. The van der Waals surface area contributed by atoms with Gasteiger partial charge in [0.05, 0.1) is 10.6 Å². The van der Waals surface area contributed by atoms with Gasteiger partial charge in [-0.2, -0.15) is 0 Å². The van der Waals surface area contributed by atoms with Crippen LogP contribution in [0.2, 0.25) is 5.02 Å². The molecule has 0 heterocycles. The number of carboxylic acids is 1. The summed E-state index contributed by atoms with van der Waals surface area (Å²) in [6.45, 7) is 7.06. The second-order valence-corrected chi connectivity index (χ2v) is 6.19. The smallest absolute Gasteiger partial charge is 0.326 e. The Morgan fingerprint density at radius 2 is 1.93 bits per heavy atom. The Kier molecular flexibility index (Phi) is 8.98. The van der Waals surface area contributed by atoms with E-state index in [2.05, 4.69) is 17.2 Å². The highest BCUT2D eigenvalue weighted by Gasteiger charge is 2.20. The molecule has 0 aliphatic heterocycles. The molecular formula is C20H23ClN2O5. The number of aliphatic hydroxyl groups excluding tert-OH is 1. The van der Waals surface area contributed by atoms with Crippen molar-refractivity contribution < 1.29 is 24.6 Å². The standard InChI is InChI=1S/C20H23ClN2O5/c1-4-12(9-14(24)5-2)11-22-18(25)13-7-8-15(16(21)10-13)19(26)23-17(6-3)20(27)28/h4-5,7-10,17,24H,1,6,11H2,2-3H3,(H,22,25)(H,23,26)(H,27,28)/b12-9+,14-5+/t17-/m0/s1. The summed E-state index contributed by atoms with van der Waals surface area (Å²) in [5, 5.41) is 23.6. The molecule has 0 aliphatic carbocycles. The van der Waals surface area contributed by atoms with Crippen LogP contribution in [0, 0.1) is 0 Å². The van der Waals surface area contributed by atoms with Crippen LogP contribution in [-0.2, 0) is 4.79 Å². The molecule has 0 aliphatic rings.